The number of para-hydroxylation sites is 1. The highest BCUT2D eigenvalue weighted by atomic mass is 32.2. The van der Waals surface area contributed by atoms with Crippen LogP contribution >= 0.6 is 11.8 Å². The van der Waals surface area contributed by atoms with Crippen LogP contribution < -0.4 is 20.5 Å². The van der Waals surface area contributed by atoms with Crippen molar-refractivity contribution in [2.75, 3.05) is 4.90 Å². The smallest absolute Gasteiger partial charge is 0.133 e. The van der Waals surface area contributed by atoms with Gasteiger partial charge in [0.2, 0.25) is 0 Å². The van der Waals surface area contributed by atoms with Crippen LogP contribution in [0.15, 0.2) is 252 Å². The van der Waals surface area contributed by atoms with Crippen molar-refractivity contribution < 1.29 is 0 Å². The highest BCUT2D eigenvalue weighted by molar-refractivity contribution is 7.99. The molecule has 292 valence electrons. The van der Waals surface area contributed by atoms with E-state index in [1.165, 1.54) is 80.6 Å². The van der Waals surface area contributed by atoms with Gasteiger partial charge in [0, 0.05) is 26.7 Å². The van der Waals surface area contributed by atoms with Crippen LogP contribution in [0.5, 0.6) is 0 Å². The van der Waals surface area contributed by atoms with Gasteiger partial charge < -0.3 is 4.90 Å². The third-order valence-electron chi connectivity index (χ3n) is 13.1. The minimum Gasteiger partial charge on any atom is -0.310 e. The molecule has 1 atom stereocenters. The molecule has 2 heterocycles. The van der Waals surface area contributed by atoms with Crippen molar-refractivity contribution in [1.29, 1.82) is 0 Å². The fraction of sp³-hybridized carbons (Fsp3) is 0.0169. The van der Waals surface area contributed by atoms with Crippen molar-refractivity contribution in [2.45, 2.75) is 15.2 Å². The molecule has 0 amide bonds. The van der Waals surface area contributed by atoms with Crippen molar-refractivity contribution in [1.82, 2.24) is 0 Å². The molecule has 1 nitrogen and oxygen atoms in total. The first kappa shape index (κ1) is 36.7. The third kappa shape index (κ3) is 5.77. The summed E-state index contributed by atoms with van der Waals surface area (Å²) in [4.78, 5) is 5.14. The molecular formula is C59H41NSSi. The first-order chi connectivity index (χ1) is 30.8. The van der Waals surface area contributed by atoms with Crippen LogP contribution in [0.2, 0.25) is 0 Å². The lowest BCUT2D eigenvalue weighted by molar-refractivity contribution is 0.708. The Hall–Kier alpha value is -7.17. The fourth-order valence-electron chi connectivity index (χ4n) is 10.5. The Morgan fingerprint density at radius 1 is 0.371 bits per heavy atom. The molecule has 0 saturated heterocycles. The van der Waals surface area contributed by atoms with E-state index in [9.17, 15) is 0 Å². The number of hydrogen-bond acceptors (Lipinski definition) is 2. The van der Waals surface area contributed by atoms with Gasteiger partial charge in [-0.05, 0) is 103 Å². The maximum atomic E-state index is 2.57. The second-order valence-corrected chi connectivity index (χ2v) is 20.2. The topological polar surface area (TPSA) is 3.24 Å². The summed E-state index contributed by atoms with van der Waals surface area (Å²) in [7, 11) is -2.04. The van der Waals surface area contributed by atoms with Crippen LogP contribution in [0.3, 0.4) is 0 Å². The lowest BCUT2D eigenvalue weighted by Gasteiger charge is -2.48. The van der Waals surface area contributed by atoms with E-state index >= 15 is 0 Å². The molecule has 0 N–H and O–H groups in total. The predicted octanol–water partition coefficient (Wildman–Crippen LogP) is 13.1. The van der Waals surface area contributed by atoms with Crippen molar-refractivity contribution in [3.63, 3.8) is 0 Å². The standard InChI is InChI=1S/C59H41NSSi/c1-3-18-42(19-4-1)49-25-9-13-30-54(49)60(44-36-34-43(35-37-44)48-26-17-21-41-20-7-8-24-47(41)48)45-38-39-53-58(40-45)62(46-22-5-2-6-23-46)57-33-16-12-29-52(57)59(53)50-27-10-14-31-55(50)61-56-32-15-11-28-51(56)59/h1-40,62H. The molecule has 1 unspecified atom stereocenters. The molecular weight excluding hydrogens is 783 g/mol. The van der Waals surface area contributed by atoms with Crippen LogP contribution in [0.25, 0.3) is 33.0 Å². The van der Waals surface area contributed by atoms with Gasteiger partial charge in [-0.3, -0.25) is 0 Å². The van der Waals surface area contributed by atoms with Gasteiger partial charge in [-0.2, -0.15) is 0 Å². The highest BCUT2D eigenvalue weighted by Crippen LogP contribution is 2.56. The zero-order valence-corrected chi connectivity index (χ0v) is 36.0. The minimum atomic E-state index is -2.04. The van der Waals surface area contributed by atoms with Crippen LogP contribution in [0.4, 0.5) is 17.1 Å². The van der Waals surface area contributed by atoms with E-state index in [2.05, 4.69) is 248 Å². The summed E-state index contributed by atoms with van der Waals surface area (Å²) in [5, 5.41) is 6.88. The summed E-state index contributed by atoms with van der Waals surface area (Å²) < 4.78 is 0. The number of anilines is 3. The van der Waals surface area contributed by atoms with Crippen LogP contribution in [-0.4, -0.2) is 8.80 Å². The number of nitrogens with zero attached hydrogens (tertiary/aromatic N) is 1. The van der Waals surface area contributed by atoms with Gasteiger partial charge in [0.15, 0.2) is 0 Å². The van der Waals surface area contributed by atoms with Gasteiger partial charge in [0.1, 0.15) is 8.80 Å². The van der Waals surface area contributed by atoms with E-state index in [4.69, 9.17) is 0 Å². The first-order valence-corrected chi connectivity index (χ1v) is 24.0. The van der Waals surface area contributed by atoms with Gasteiger partial charge in [-0.15, -0.1) is 0 Å². The Morgan fingerprint density at radius 2 is 0.919 bits per heavy atom. The van der Waals surface area contributed by atoms with Gasteiger partial charge in [0.05, 0.1) is 11.1 Å². The Labute approximate surface area is 369 Å². The van der Waals surface area contributed by atoms with E-state index in [-0.39, 0.29) is 0 Å². The molecule has 10 aromatic carbocycles. The van der Waals surface area contributed by atoms with Gasteiger partial charge in [0.25, 0.3) is 0 Å². The van der Waals surface area contributed by atoms with E-state index in [1.54, 1.807) is 0 Å². The summed E-state index contributed by atoms with van der Waals surface area (Å²) in [6.07, 6.45) is 0. The van der Waals surface area contributed by atoms with Crippen molar-refractivity contribution in [3.05, 3.63) is 265 Å². The Bertz CT molecular complexity index is 3240. The Kier molecular flexibility index (Phi) is 8.91. The summed E-state index contributed by atoms with van der Waals surface area (Å²) in [6.45, 7) is 0. The molecule has 1 spiro atoms. The maximum Gasteiger partial charge on any atom is 0.133 e. The lowest BCUT2D eigenvalue weighted by Crippen LogP contribution is -2.62. The maximum absolute atomic E-state index is 2.57. The average molecular weight is 824 g/mol. The molecule has 0 saturated carbocycles. The van der Waals surface area contributed by atoms with Crippen LogP contribution in [-0.2, 0) is 5.41 Å². The Balaban J connectivity index is 1.13. The summed E-state index contributed by atoms with van der Waals surface area (Å²) in [5.74, 6) is 0. The van der Waals surface area contributed by atoms with Crippen LogP contribution in [0, 0.1) is 0 Å². The Morgan fingerprint density at radius 3 is 1.69 bits per heavy atom. The monoisotopic (exact) mass is 823 g/mol. The number of benzene rings is 10. The molecule has 10 aromatic rings. The first-order valence-electron chi connectivity index (χ1n) is 21.5. The number of fused-ring (bicyclic) bond motifs is 9. The second kappa shape index (κ2) is 15.1. The van der Waals surface area contributed by atoms with Gasteiger partial charge >= 0.3 is 0 Å². The number of rotatable bonds is 6. The molecule has 62 heavy (non-hydrogen) atoms. The highest BCUT2D eigenvalue weighted by Gasteiger charge is 2.50. The third-order valence-corrected chi connectivity index (χ3v) is 17.5. The zero-order chi connectivity index (χ0) is 41.0. The quantitative estimate of drug-likeness (QED) is 0.154. The van der Waals surface area contributed by atoms with Gasteiger partial charge in [-0.1, -0.05) is 217 Å². The summed E-state index contributed by atoms with van der Waals surface area (Å²) in [5.41, 5.74) is 13.3. The van der Waals surface area contributed by atoms with Crippen molar-refractivity contribution >= 4 is 64.0 Å². The van der Waals surface area contributed by atoms with E-state index in [0.717, 1.165) is 17.1 Å². The molecule has 0 fully saturated rings. The van der Waals surface area contributed by atoms with Crippen LogP contribution in [0.1, 0.15) is 22.3 Å². The van der Waals surface area contributed by atoms with Crippen molar-refractivity contribution in [3.8, 4) is 22.3 Å². The van der Waals surface area contributed by atoms with Crippen molar-refractivity contribution in [2.24, 2.45) is 0 Å². The molecule has 12 rings (SSSR count). The number of hydrogen-bond donors (Lipinski definition) is 0. The second-order valence-electron chi connectivity index (χ2n) is 16.3. The lowest BCUT2D eigenvalue weighted by atomic mass is 9.64. The SMILES string of the molecule is c1ccc(-c2ccccc2N(c2ccc(-c3cccc4ccccc34)cc2)c2ccc3c(c2)[SiH](c2ccccc2)c2ccccc2C32c3ccccc3Sc3ccccc32)cc1. The van der Waals surface area contributed by atoms with E-state index in [0.29, 0.717) is 0 Å². The largest absolute Gasteiger partial charge is 0.310 e. The molecule has 0 aliphatic carbocycles. The summed E-state index contributed by atoms with van der Waals surface area (Å²) in [6, 6.07) is 90.7. The molecule has 2 aliphatic heterocycles. The fourth-order valence-corrected chi connectivity index (χ4v) is 15.2. The van der Waals surface area contributed by atoms with Gasteiger partial charge in [-0.25, -0.2) is 0 Å². The minimum absolute atomic E-state index is 0.478. The molecule has 0 bridgehead atoms. The predicted molar refractivity (Wildman–Crippen MR) is 264 cm³/mol. The molecule has 3 heteroatoms. The average Bonchev–Trinajstić information content (AvgIpc) is 3.35. The molecule has 2 aliphatic rings. The van der Waals surface area contributed by atoms with E-state index < -0.39 is 14.2 Å². The normalized spacial score (nSPS) is 14.4. The zero-order valence-electron chi connectivity index (χ0n) is 34.0. The van der Waals surface area contributed by atoms with E-state index in [1.807, 2.05) is 11.8 Å². The summed E-state index contributed by atoms with van der Waals surface area (Å²) >= 11 is 1.90. The molecule has 0 aromatic heterocycles. The molecule has 0 radical (unpaired) electrons.